The SMILES string of the molecule is CCCCOc1ccc(OC(=O)c2ccc(C(=O)c3ccc(OCCCC)cc3)cc2)cc1.CCCCc1ccc(OC(=O)c2ccc(C(=O)c3ccc(CCCC)cc3)cc2)cc1. The van der Waals surface area contributed by atoms with Crippen LogP contribution >= 0.6 is 0 Å². The second kappa shape index (κ2) is 26.0. The zero-order valence-corrected chi connectivity index (χ0v) is 37.6. The first-order valence-corrected chi connectivity index (χ1v) is 22.6. The van der Waals surface area contributed by atoms with Gasteiger partial charge in [0.1, 0.15) is 23.0 Å². The fraction of sp³-hybridized carbons (Fsp3) is 0.286. The van der Waals surface area contributed by atoms with Crippen molar-refractivity contribution in [2.75, 3.05) is 13.2 Å². The molecule has 6 aromatic rings. The minimum atomic E-state index is -0.484. The van der Waals surface area contributed by atoms with Gasteiger partial charge in [0.2, 0.25) is 0 Å². The van der Waals surface area contributed by atoms with E-state index in [2.05, 4.69) is 27.7 Å². The molecular formula is C56H60O8. The van der Waals surface area contributed by atoms with E-state index in [-0.39, 0.29) is 11.6 Å². The van der Waals surface area contributed by atoms with E-state index in [4.69, 9.17) is 18.9 Å². The number of hydrogen-bond acceptors (Lipinski definition) is 8. The van der Waals surface area contributed by atoms with Crippen LogP contribution in [-0.2, 0) is 12.8 Å². The first kappa shape index (κ1) is 48.2. The van der Waals surface area contributed by atoms with E-state index in [1.807, 2.05) is 48.5 Å². The molecule has 332 valence electrons. The summed E-state index contributed by atoms with van der Waals surface area (Å²) in [6.45, 7) is 9.88. The van der Waals surface area contributed by atoms with Crippen molar-refractivity contribution in [3.05, 3.63) is 190 Å². The molecule has 0 unspecified atom stereocenters. The molecule has 0 N–H and O–H groups in total. The maximum absolute atomic E-state index is 12.7. The van der Waals surface area contributed by atoms with E-state index < -0.39 is 11.9 Å². The van der Waals surface area contributed by atoms with Crippen molar-refractivity contribution in [1.82, 2.24) is 0 Å². The second-order valence-corrected chi connectivity index (χ2v) is 15.5. The minimum absolute atomic E-state index is 0.0513. The van der Waals surface area contributed by atoms with Crippen molar-refractivity contribution < 1.29 is 38.1 Å². The first-order valence-electron chi connectivity index (χ1n) is 22.6. The number of carbonyl (C=O) groups is 4. The number of hydrogen-bond donors (Lipinski definition) is 0. The predicted molar refractivity (Wildman–Crippen MR) is 253 cm³/mol. The summed E-state index contributed by atoms with van der Waals surface area (Å²) in [6, 6.07) is 42.6. The average Bonchev–Trinajstić information content (AvgIpc) is 3.34. The molecule has 0 aliphatic heterocycles. The van der Waals surface area contributed by atoms with Gasteiger partial charge in [0.05, 0.1) is 24.3 Å². The van der Waals surface area contributed by atoms with Crippen molar-refractivity contribution >= 4 is 23.5 Å². The van der Waals surface area contributed by atoms with E-state index in [9.17, 15) is 19.2 Å². The Labute approximate surface area is 378 Å². The molecule has 0 amide bonds. The predicted octanol–water partition coefficient (Wildman–Crippen LogP) is 13.3. The summed E-state index contributed by atoms with van der Waals surface area (Å²) >= 11 is 0. The summed E-state index contributed by atoms with van der Waals surface area (Å²) < 4.78 is 22.1. The van der Waals surface area contributed by atoms with E-state index in [0.717, 1.165) is 75.7 Å². The molecule has 0 fully saturated rings. The summed E-state index contributed by atoms with van der Waals surface area (Å²) in [5, 5.41) is 0. The number of ether oxygens (including phenoxy) is 4. The van der Waals surface area contributed by atoms with Crippen LogP contribution in [0.4, 0.5) is 0 Å². The third-order valence-corrected chi connectivity index (χ3v) is 10.4. The zero-order valence-electron chi connectivity index (χ0n) is 37.6. The number of aryl methyl sites for hydroxylation is 2. The van der Waals surface area contributed by atoms with Gasteiger partial charge >= 0.3 is 11.9 Å². The van der Waals surface area contributed by atoms with Gasteiger partial charge in [-0.15, -0.1) is 0 Å². The van der Waals surface area contributed by atoms with Gasteiger partial charge in [-0.2, -0.15) is 0 Å². The van der Waals surface area contributed by atoms with Crippen molar-refractivity contribution in [1.29, 1.82) is 0 Å². The van der Waals surface area contributed by atoms with Crippen LogP contribution in [0.25, 0.3) is 0 Å². The summed E-state index contributed by atoms with van der Waals surface area (Å²) in [7, 11) is 0. The molecular weight excluding hydrogens is 801 g/mol. The normalized spacial score (nSPS) is 10.6. The highest BCUT2D eigenvalue weighted by molar-refractivity contribution is 6.10. The number of benzene rings is 6. The van der Waals surface area contributed by atoms with E-state index in [0.29, 0.717) is 58.1 Å². The number of esters is 2. The Morgan fingerprint density at radius 2 is 0.594 bits per heavy atom. The lowest BCUT2D eigenvalue weighted by atomic mass is 9.99. The molecule has 8 nitrogen and oxygen atoms in total. The number of carbonyl (C=O) groups excluding carboxylic acids is 4. The van der Waals surface area contributed by atoms with Crippen LogP contribution < -0.4 is 18.9 Å². The molecule has 6 rings (SSSR count). The Morgan fingerprint density at radius 1 is 0.328 bits per heavy atom. The van der Waals surface area contributed by atoms with Crippen LogP contribution in [0.2, 0.25) is 0 Å². The zero-order chi connectivity index (χ0) is 45.5. The van der Waals surface area contributed by atoms with Gasteiger partial charge < -0.3 is 18.9 Å². The molecule has 0 saturated heterocycles. The second-order valence-electron chi connectivity index (χ2n) is 15.5. The van der Waals surface area contributed by atoms with Gasteiger partial charge in [-0.25, -0.2) is 9.59 Å². The summed E-state index contributed by atoms with van der Waals surface area (Å²) in [5.74, 6) is 1.37. The first-order chi connectivity index (χ1) is 31.2. The smallest absolute Gasteiger partial charge is 0.343 e. The van der Waals surface area contributed by atoms with Gasteiger partial charge in [0.15, 0.2) is 11.6 Å². The maximum Gasteiger partial charge on any atom is 0.343 e. The maximum atomic E-state index is 12.7. The quantitative estimate of drug-likeness (QED) is 0.0288. The number of ketones is 2. The average molecular weight is 861 g/mol. The van der Waals surface area contributed by atoms with Crippen LogP contribution in [0, 0.1) is 0 Å². The van der Waals surface area contributed by atoms with Crippen molar-refractivity contribution in [2.45, 2.75) is 91.9 Å². The molecule has 0 bridgehead atoms. The molecule has 0 aliphatic carbocycles. The molecule has 0 aliphatic rings. The molecule has 0 saturated carbocycles. The third kappa shape index (κ3) is 15.2. The lowest BCUT2D eigenvalue weighted by molar-refractivity contribution is 0.0725. The molecule has 0 aromatic heterocycles. The molecule has 0 atom stereocenters. The molecule has 0 spiro atoms. The topological polar surface area (TPSA) is 105 Å². The molecule has 64 heavy (non-hydrogen) atoms. The highest BCUT2D eigenvalue weighted by Crippen LogP contribution is 2.22. The van der Waals surface area contributed by atoms with Crippen LogP contribution in [0.5, 0.6) is 23.0 Å². The van der Waals surface area contributed by atoms with Gasteiger partial charge in [0.25, 0.3) is 0 Å². The summed E-state index contributed by atoms with van der Waals surface area (Å²) in [6.07, 6.45) is 10.8. The minimum Gasteiger partial charge on any atom is -0.494 e. The summed E-state index contributed by atoms with van der Waals surface area (Å²) in [5.41, 5.74) is 5.54. The van der Waals surface area contributed by atoms with Crippen LogP contribution in [0.3, 0.4) is 0 Å². The Bertz CT molecular complexity index is 2350. The fourth-order valence-electron chi connectivity index (χ4n) is 6.46. The molecule has 6 aromatic carbocycles. The van der Waals surface area contributed by atoms with Crippen LogP contribution in [0.1, 0.15) is 143 Å². The number of unbranched alkanes of at least 4 members (excludes halogenated alkanes) is 4. The Balaban J connectivity index is 0.000000241. The van der Waals surface area contributed by atoms with Crippen molar-refractivity contribution in [3.63, 3.8) is 0 Å². The van der Waals surface area contributed by atoms with Gasteiger partial charge in [0, 0.05) is 22.3 Å². The van der Waals surface area contributed by atoms with Gasteiger partial charge in [-0.3, -0.25) is 9.59 Å². The lowest BCUT2D eigenvalue weighted by Crippen LogP contribution is -2.09. The lowest BCUT2D eigenvalue weighted by Gasteiger charge is -2.08. The third-order valence-electron chi connectivity index (χ3n) is 10.4. The van der Waals surface area contributed by atoms with Crippen molar-refractivity contribution in [3.8, 4) is 23.0 Å². The van der Waals surface area contributed by atoms with Gasteiger partial charge in [-0.05, 0) is 135 Å². The van der Waals surface area contributed by atoms with Gasteiger partial charge in [-0.1, -0.05) is 114 Å². The Kier molecular flexibility index (Phi) is 19.6. The fourth-order valence-corrected chi connectivity index (χ4v) is 6.46. The molecule has 0 heterocycles. The monoisotopic (exact) mass is 860 g/mol. The molecule has 8 heteroatoms. The summed E-state index contributed by atoms with van der Waals surface area (Å²) in [4.78, 5) is 50.4. The van der Waals surface area contributed by atoms with E-state index >= 15 is 0 Å². The van der Waals surface area contributed by atoms with Crippen molar-refractivity contribution in [2.24, 2.45) is 0 Å². The van der Waals surface area contributed by atoms with Crippen LogP contribution in [-0.4, -0.2) is 36.7 Å². The number of rotatable bonds is 22. The van der Waals surface area contributed by atoms with Crippen LogP contribution in [0.15, 0.2) is 146 Å². The van der Waals surface area contributed by atoms with E-state index in [1.54, 1.807) is 97.1 Å². The molecule has 0 radical (unpaired) electrons. The largest absolute Gasteiger partial charge is 0.494 e. The standard InChI is InChI=1S/C28H30O5.C28H30O3/c1-3-5-19-31-24-13-11-22(12-14-24)27(29)21-7-9-23(10-8-21)28(30)33-26-17-15-25(16-18-26)32-20-6-4-2;1-3-5-7-21-9-13-23(14-10-21)27(29)24-15-17-25(18-16-24)28(30)31-26-19-11-22(12-20-26)8-6-4-2/h7-18H,3-6,19-20H2,1-2H3;9-20H,3-8H2,1-2H3. The Morgan fingerprint density at radius 3 is 0.953 bits per heavy atom. The highest BCUT2D eigenvalue weighted by atomic mass is 16.5. The van der Waals surface area contributed by atoms with E-state index in [1.165, 1.54) is 11.1 Å². The Hall–Kier alpha value is -6.80. The highest BCUT2D eigenvalue weighted by Gasteiger charge is 2.15.